The molecular formula is C12H22O6S. The smallest absolute Gasteiger partial charge is 0.360 e. The lowest BCUT2D eigenvalue weighted by molar-refractivity contribution is -0.148. The molecule has 0 aliphatic rings. The third-order valence-corrected chi connectivity index (χ3v) is 3.05. The Bertz CT molecular complexity index is 305. The highest BCUT2D eigenvalue weighted by Crippen LogP contribution is 2.13. The fraction of sp³-hybridized carbons (Fsp3) is 0.833. The Balaban J connectivity index is 3.79. The number of hydrogen-bond donors (Lipinski definition) is 1. The maximum Gasteiger partial charge on any atom is 0.360 e. The van der Waals surface area contributed by atoms with Crippen molar-refractivity contribution in [3.05, 3.63) is 0 Å². The quantitative estimate of drug-likeness (QED) is 0.491. The molecule has 6 nitrogen and oxygen atoms in total. The molecule has 0 bridgehead atoms. The van der Waals surface area contributed by atoms with Crippen LogP contribution in [-0.4, -0.2) is 27.3 Å². The monoisotopic (exact) mass is 294 g/mol. The average Bonchev–Trinajstić information content (AvgIpc) is 2.35. The Kier molecular flexibility index (Phi) is 10.4. The molecule has 0 saturated carbocycles. The van der Waals surface area contributed by atoms with Gasteiger partial charge in [0.1, 0.15) is 0 Å². The number of rotatable bonds is 10. The zero-order chi connectivity index (χ0) is 14.7. The first-order valence-electron chi connectivity index (χ1n) is 6.47. The first kappa shape index (κ1) is 18.0. The fourth-order valence-corrected chi connectivity index (χ4v) is 1.75. The van der Waals surface area contributed by atoms with Crippen LogP contribution in [0.4, 0.5) is 0 Å². The van der Waals surface area contributed by atoms with E-state index in [2.05, 4.69) is 11.1 Å². The van der Waals surface area contributed by atoms with Crippen molar-refractivity contribution in [2.45, 2.75) is 52.4 Å². The molecule has 0 heterocycles. The van der Waals surface area contributed by atoms with Crippen molar-refractivity contribution in [2.24, 2.45) is 5.92 Å². The molecular weight excluding hydrogens is 272 g/mol. The van der Waals surface area contributed by atoms with Crippen molar-refractivity contribution in [3.8, 4) is 0 Å². The van der Waals surface area contributed by atoms with Crippen LogP contribution >= 0.6 is 0 Å². The van der Waals surface area contributed by atoms with Gasteiger partial charge in [0.15, 0.2) is 0 Å². The summed E-state index contributed by atoms with van der Waals surface area (Å²) in [6.45, 7) is 4.51. The molecule has 1 N–H and O–H groups in total. The van der Waals surface area contributed by atoms with E-state index in [1.165, 1.54) is 0 Å². The predicted octanol–water partition coefficient (Wildman–Crippen LogP) is 2.21. The molecule has 0 rings (SSSR count). The molecule has 0 radical (unpaired) electrons. The van der Waals surface area contributed by atoms with Crippen LogP contribution in [0, 0.1) is 5.92 Å². The highest BCUT2D eigenvalue weighted by atomic mass is 32.2. The van der Waals surface area contributed by atoms with E-state index in [4.69, 9.17) is 9.29 Å². The molecule has 0 aliphatic heterocycles. The number of ether oxygens (including phenoxy) is 1. The first-order valence-corrected chi connectivity index (χ1v) is 7.50. The lowest BCUT2D eigenvalue weighted by atomic mass is 10.0. The van der Waals surface area contributed by atoms with Crippen molar-refractivity contribution in [1.82, 2.24) is 0 Å². The van der Waals surface area contributed by atoms with Crippen LogP contribution in [0.25, 0.3) is 0 Å². The minimum Gasteiger partial charge on any atom is -0.465 e. The summed E-state index contributed by atoms with van der Waals surface area (Å²) < 4.78 is 27.5. The SMILES string of the molecule is CCCCC(CC)COC(=O)CCC(=O)OS(=O)O. The normalized spacial score (nSPS) is 13.6. The second-order valence-corrected chi connectivity index (χ2v) is 4.87. The summed E-state index contributed by atoms with van der Waals surface area (Å²) in [5.41, 5.74) is 0. The van der Waals surface area contributed by atoms with Crippen LogP contribution in [0.2, 0.25) is 0 Å². The molecule has 0 amide bonds. The van der Waals surface area contributed by atoms with Gasteiger partial charge in [0.05, 0.1) is 19.4 Å². The number of carbonyl (C=O) groups excluding carboxylic acids is 2. The van der Waals surface area contributed by atoms with Crippen molar-refractivity contribution in [1.29, 1.82) is 0 Å². The second-order valence-electron chi connectivity index (χ2n) is 4.27. The van der Waals surface area contributed by atoms with E-state index < -0.39 is 23.3 Å². The van der Waals surface area contributed by atoms with Crippen LogP contribution in [-0.2, 0) is 29.9 Å². The Morgan fingerprint density at radius 2 is 1.84 bits per heavy atom. The molecule has 0 aromatic rings. The minimum absolute atomic E-state index is 0.139. The molecule has 7 heteroatoms. The van der Waals surface area contributed by atoms with Crippen molar-refractivity contribution < 1.29 is 27.3 Å². The van der Waals surface area contributed by atoms with Gasteiger partial charge in [-0.25, -0.2) is 0 Å². The van der Waals surface area contributed by atoms with Crippen LogP contribution in [0.3, 0.4) is 0 Å². The zero-order valence-corrected chi connectivity index (χ0v) is 12.2. The van der Waals surface area contributed by atoms with Crippen molar-refractivity contribution in [3.63, 3.8) is 0 Å². The van der Waals surface area contributed by atoms with E-state index in [0.29, 0.717) is 12.5 Å². The molecule has 19 heavy (non-hydrogen) atoms. The Hall–Kier alpha value is -0.950. The Morgan fingerprint density at radius 3 is 2.37 bits per heavy atom. The lowest BCUT2D eigenvalue weighted by Gasteiger charge is -2.14. The lowest BCUT2D eigenvalue weighted by Crippen LogP contribution is -2.15. The Morgan fingerprint density at radius 1 is 1.21 bits per heavy atom. The largest absolute Gasteiger partial charge is 0.465 e. The molecule has 0 aliphatic carbocycles. The summed E-state index contributed by atoms with van der Waals surface area (Å²) >= 11 is -2.63. The van der Waals surface area contributed by atoms with E-state index in [-0.39, 0.29) is 12.8 Å². The predicted molar refractivity (Wildman–Crippen MR) is 70.4 cm³/mol. The minimum atomic E-state index is -2.63. The molecule has 0 fully saturated rings. The molecule has 2 unspecified atom stereocenters. The third-order valence-electron chi connectivity index (χ3n) is 2.72. The second kappa shape index (κ2) is 10.9. The van der Waals surface area contributed by atoms with Crippen LogP contribution in [0.15, 0.2) is 0 Å². The third kappa shape index (κ3) is 10.6. The molecule has 0 aromatic heterocycles. The van der Waals surface area contributed by atoms with Gasteiger partial charge in [-0.15, -0.1) is 0 Å². The van der Waals surface area contributed by atoms with Gasteiger partial charge in [-0.2, -0.15) is 4.21 Å². The number of unbranched alkanes of at least 4 members (excludes halogenated alkanes) is 1. The summed E-state index contributed by atoms with van der Waals surface area (Å²) in [6.07, 6.45) is 3.78. The van der Waals surface area contributed by atoms with Crippen LogP contribution in [0.5, 0.6) is 0 Å². The summed E-state index contributed by atoms with van der Waals surface area (Å²) in [6, 6.07) is 0. The standard InChI is InChI=1S/C12H22O6S/c1-3-5-6-10(4-2)9-17-11(13)7-8-12(14)18-19(15)16/h10H,3-9H2,1-2H3,(H,15,16). The van der Waals surface area contributed by atoms with E-state index in [1.54, 1.807) is 0 Å². The maximum atomic E-state index is 11.4. The molecule has 2 atom stereocenters. The van der Waals surface area contributed by atoms with Gasteiger partial charge in [-0.05, 0) is 12.3 Å². The van der Waals surface area contributed by atoms with Gasteiger partial charge in [0, 0.05) is 0 Å². The summed E-state index contributed by atoms with van der Waals surface area (Å²) in [7, 11) is 0. The Labute approximate surface area is 116 Å². The van der Waals surface area contributed by atoms with E-state index in [9.17, 15) is 13.8 Å². The highest BCUT2D eigenvalue weighted by Gasteiger charge is 2.13. The number of esters is 1. The van der Waals surface area contributed by atoms with E-state index in [1.807, 2.05) is 6.92 Å². The molecule has 112 valence electrons. The van der Waals surface area contributed by atoms with Gasteiger partial charge < -0.3 is 8.92 Å². The van der Waals surface area contributed by atoms with Gasteiger partial charge in [-0.3, -0.25) is 14.1 Å². The average molecular weight is 294 g/mol. The van der Waals surface area contributed by atoms with Gasteiger partial charge in [0.25, 0.3) is 0 Å². The fourth-order valence-electron chi connectivity index (χ4n) is 1.51. The van der Waals surface area contributed by atoms with E-state index >= 15 is 0 Å². The van der Waals surface area contributed by atoms with Crippen LogP contribution < -0.4 is 0 Å². The summed E-state index contributed by atoms with van der Waals surface area (Å²) in [4.78, 5) is 22.3. The first-order chi connectivity index (χ1) is 8.99. The van der Waals surface area contributed by atoms with Crippen molar-refractivity contribution >= 4 is 23.3 Å². The summed E-state index contributed by atoms with van der Waals surface area (Å²) in [5.74, 6) is -1.03. The van der Waals surface area contributed by atoms with Crippen molar-refractivity contribution in [2.75, 3.05) is 6.61 Å². The van der Waals surface area contributed by atoms with Crippen LogP contribution in [0.1, 0.15) is 52.4 Å². The molecule has 0 spiro atoms. The number of carbonyl (C=O) groups is 2. The van der Waals surface area contributed by atoms with Gasteiger partial charge in [0.2, 0.25) is 0 Å². The highest BCUT2D eigenvalue weighted by molar-refractivity contribution is 7.74. The molecule has 0 aromatic carbocycles. The zero-order valence-electron chi connectivity index (χ0n) is 11.4. The number of hydrogen-bond acceptors (Lipinski definition) is 5. The van der Waals surface area contributed by atoms with E-state index in [0.717, 1.165) is 25.7 Å². The van der Waals surface area contributed by atoms with Gasteiger partial charge >= 0.3 is 23.3 Å². The van der Waals surface area contributed by atoms with Gasteiger partial charge in [-0.1, -0.05) is 33.1 Å². The summed E-state index contributed by atoms with van der Waals surface area (Å²) in [5, 5.41) is 0. The molecule has 0 saturated heterocycles. The maximum absolute atomic E-state index is 11.4. The topological polar surface area (TPSA) is 89.9 Å².